The van der Waals surface area contributed by atoms with Crippen molar-refractivity contribution in [3.05, 3.63) is 0 Å². The molecule has 6 heteroatoms. The van der Waals surface area contributed by atoms with Gasteiger partial charge in [-0.25, -0.2) is 4.79 Å². The highest BCUT2D eigenvalue weighted by atomic mass is 16.5. The van der Waals surface area contributed by atoms with Gasteiger partial charge in [0.05, 0.1) is 19.1 Å². The molecule has 1 fully saturated rings. The second-order valence-corrected chi connectivity index (χ2v) is 5.44. The van der Waals surface area contributed by atoms with Crippen molar-refractivity contribution in [2.24, 2.45) is 11.8 Å². The van der Waals surface area contributed by atoms with Crippen molar-refractivity contribution in [3.8, 4) is 0 Å². The summed E-state index contributed by atoms with van der Waals surface area (Å²) in [5.41, 5.74) is 0. The summed E-state index contributed by atoms with van der Waals surface area (Å²) in [5.74, 6) is 0.0326. The monoisotopic (exact) mass is 272 g/mol. The molecule has 0 aromatic heterocycles. The number of urea groups is 1. The smallest absolute Gasteiger partial charge is 0.317 e. The molecule has 2 N–H and O–H groups in total. The third-order valence-corrected chi connectivity index (χ3v) is 3.54. The summed E-state index contributed by atoms with van der Waals surface area (Å²) in [6, 6.07) is -0.133. The van der Waals surface area contributed by atoms with Crippen LogP contribution in [0, 0.1) is 11.8 Å². The molecule has 0 aliphatic carbocycles. The molecule has 1 rings (SSSR count). The van der Waals surface area contributed by atoms with E-state index in [1.54, 1.807) is 4.90 Å². The van der Waals surface area contributed by atoms with E-state index in [2.05, 4.69) is 26.1 Å². The van der Waals surface area contributed by atoms with Gasteiger partial charge in [0.15, 0.2) is 0 Å². The van der Waals surface area contributed by atoms with Crippen LogP contribution in [0.15, 0.2) is 0 Å². The summed E-state index contributed by atoms with van der Waals surface area (Å²) >= 11 is 0. The zero-order chi connectivity index (χ0) is 14.4. The SMILES string of the molecule is CC(C)C(C)CNC(=O)N1CCOC(CC(=O)O)C1. The van der Waals surface area contributed by atoms with Crippen LogP contribution in [0.5, 0.6) is 0 Å². The van der Waals surface area contributed by atoms with Gasteiger partial charge in [0.1, 0.15) is 0 Å². The van der Waals surface area contributed by atoms with Crippen molar-refractivity contribution in [1.29, 1.82) is 0 Å². The van der Waals surface area contributed by atoms with Gasteiger partial charge in [0.25, 0.3) is 0 Å². The number of carboxylic acid groups (broad SMARTS) is 1. The topological polar surface area (TPSA) is 78.9 Å². The Labute approximate surface area is 114 Å². The van der Waals surface area contributed by atoms with Gasteiger partial charge in [0, 0.05) is 19.6 Å². The van der Waals surface area contributed by atoms with E-state index < -0.39 is 12.1 Å². The number of carbonyl (C=O) groups is 2. The predicted molar refractivity (Wildman–Crippen MR) is 71.0 cm³/mol. The van der Waals surface area contributed by atoms with E-state index in [1.165, 1.54) is 0 Å². The molecule has 6 nitrogen and oxygen atoms in total. The number of hydrogen-bond acceptors (Lipinski definition) is 3. The van der Waals surface area contributed by atoms with Crippen molar-refractivity contribution >= 4 is 12.0 Å². The predicted octanol–water partition coefficient (Wildman–Crippen LogP) is 1.16. The molecule has 1 heterocycles. The van der Waals surface area contributed by atoms with Crippen LogP contribution in [-0.2, 0) is 9.53 Å². The van der Waals surface area contributed by atoms with Crippen molar-refractivity contribution < 1.29 is 19.4 Å². The van der Waals surface area contributed by atoms with Gasteiger partial charge in [-0.15, -0.1) is 0 Å². The second-order valence-electron chi connectivity index (χ2n) is 5.44. The molecule has 1 aliphatic rings. The first-order valence-corrected chi connectivity index (χ1v) is 6.76. The van der Waals surface area contributed by atoms with Crippen LogP contribution < -0.4 is 5.32 Å². The van der Waals surface area contributed by atoms with Crippen LogP contribution in [0.2, 0.25) is 0 Å². The van der Waals surface area contributed by atoms with E-state index >= 15 is 0 Å². The molecule has 1 aliphatic heterocycles. The Bertz CT molecular complexity index is 320. The maximum atomic E-state index is 12.0. The first-order chi connectivity index (χ1) is 8.90. The molecule has 19 heavy (non-hydrogen) atoms. The summed E-state index contributed by atoms with van der Waals surface area (Å²) < 4.78 is 5.33. The second kappa shape index (κ2) is 7.33. The molecule has 2 amide bonds. The minimum absolute atomic E-state index is 0.0633. The molecule has 2 unspecified atom stereocenters. The largest absolute Gasteiger partial charge is 0.481 e. The number of ether oxygens (including phenoxy) is 1. The number of nitrogens with one attached hydrogen (secondary N) is 1. The molecule has 1 saturated heterocycles. The normalized spacial score (nSPS) is 21.3. The number of amides is 2. The number of rotatable bonds is 5. The highest BCUT2D eigenvalue weighted by Gasteiger charge is 2.26. The standard InChI is InChI=1S/C13H24N2O4/c1-9(2)10(3)7-14-13(18)15-4-5-19-11(8-15)6-12(16)17/h9-11H,4-8H2,1-3H3,(H,14,18)(H,16,17). The van der Waals surface area contributed by atoms with Gasteiger partial charge in [-0.3, -0.25) is 4.79 Å². The van der Waals surface area contributed by atoms with Crippen molar-refractivity contribution in [2.75, 3.05) is 26.2 Å². The minimum Gasteiger partial charge on any atom is -0.481 e. The molecule has 0 radical (unpaired) electrons. The highest BCUT2D eigenvalue weighted by molar-refractivity contribution is 5.74. The molecular weight excluding hydrogens is 248 g/mol. The Balaban J connectivity index is 2.37. The summed E-state index contributed by atoms with van der Waals surface area (Å²) in [7, 11) is 0. The van der Waals surface area contributed by atoms with E-state index in [1.807, 2.05) is 0 Å². The number of nitrogens with zero attached hydrogens (tertiary/aromatic N) is 1. The highest BCUT2D eigenvalue weighted by Crippen LogP contribution is 2.10. The number of carbonyl (C=O) groups excluding carboxylic acids is 1. The fourth-order valence-corrected chi connectivity index (χ4v) is 1.82. The number of carboxylic acids is 1. The van der Waals surface area contributed by atoms with Crippen LogP contribution in [0.25, 0.3) is 0 Å². The molecule has 2 atom stereocenters. The first-order valence-electron chi connectivity index (χ1n) is 6.76. The quantitative estimate of drug-likeness (QED) is 0.787. The zero-order valence-electron chi connectivity index (χ0n) is 11.9. The maximum Gasteiger partial charge on any atom is 0.317 e. The van der Waals surface area contributed by atoms with Gasteiger partial charge in [-0.2, -0.15) is 0 Å². The Morgan fingerprint density at radius 1 is 1.42 bits per heavy atom. The van der Waals surface area contributed by atoms with E-state index in [0.717, 1.165) is 0 Å². The lowest BCUT2D eigenvalue weighted by molar-refractivity contribution is -0.141. The summed E-state index contributed by atoms with van der Waals surface area (Å²) in [5, 5.41) is 11.6. The van der Waals surface area contributed by atoms with Gasteiger partial charge < -0.3 is 20.1 Å². The zero-order valence-corrected chi connectivity index (χ0v) is 11.9. The van der Waals surface area contributed by atoms with Crippen LogP contribution in [-0.4, -0.2) is 54.4 Å². The number of aliphatic carboxylic acids is 1. The minimum atomic E-state index is -0.902. The average Bonchev–Trinajstić information content (AvgIpc) is 2.34. The molecule has 0 aromatic rings. The van der Waals surface area contributed by atoms with Crippen LogP contribution in [0.4, 0.5) is 4.79 Å². The van der Waals surface area contributed by atoms with Crippen molar-refractivity contribution in [3.63, 3.8) is 0 Å². The van der Waals surface area contributed by atoms with E-state index in [-0.39, 0.29) is 12.5 Å². The first kappa shape index (κ1) is 15.8. The average molecular weight is 272 g/mol. The van der Waals surface area contributed by atoms with Gasteiger partial charge >= 0.3 is 12.0 Å². The van der Waals surface area contributed by atoms with Gasteiger partial charge in [-0.05, 0) is 11.8 Å². The summed E-state index contributed by atoms with van der Waals surface area (Å²) in [6.45, 7) is 8.22. The molecular formula is C13H24N2O4. The Morgan fingerprint density at radius 3 is 2.68 bits per heavy atom. The maximum absolute atomic E-state index is 12.0. The Hall–Kier alpha value is -1.30. The molecule has 110 valence electrons. The third kappa shape index (κ3) is 5.46. The Kier molecular flexibility index (Phi) is 6.08. The fourth-order valence-electron chi connectivity index (χ4n) is 1.82. The summed E-state index contributed by atoms with van der Waals surface area (Å²) in [6.07, 6.45) is -0.467. The lowest BCUT2D eigenvalue weighted by atomic mass is 9.98. The Morgan fingerprint density at radius 2 is 2.11 bits per heavy atom. The van der Waals surface area contributed by atoms with Gasteiger partial charge in [-0.1, -0.05) is 20.8 Å². The van der Waals surface area contributed by atoms with Crippen LogP contribution in [0.3, 0.4) is 0 Å². The van der Waals surface area contributed by atoms with Crippen LogP contribution in [0.1, 0.15) is 27.2 Å². The van der Waals surface area contributed by atoms with Gasteiger partial charge in [0.2, 0.25) is 0 Å². The number of hydrogen-bond donors (Lipinski definition) is 2. The fraction of sp³-hybridized carbons (Fsp3) is 0.846. The van der Waals surface area contributed by atoms with E-state index in [4.69, 9.17) is 9.84 Å². The third-order valence-electron chi connectivity index (χ3n) is 3.54. The molecule has 0 aromatic carbocycles. The summed E-state index contributed by atoms with van der Waals surface area (Å²) in [4.78, 5) is 24.2. The van der Waals surface area contributed by atoms with Crippen LogP contribution >= 0.6 is 0 Å². The molecule has 0 bridgehead atoms. The number of morpholine rings is 1. The van der Waals surface area contributed by atoms with Crippen molar-refractivity contribution in [2.45, 2.75) is 33.3 Å². The lowest BCUT2D eigenvalue weighted by Gasteiger charge is -2.32. The molecule has 0 saturated carbocycles. The lowest BCUT2D eigenvalue weighted by Crippen LogP contribution is -2.50. The van der Waals surface area contributed by atoms with Crippen molar-refractivity contribution in [1.82, 2.24) is 10.2 Å². The van der Waals surface area contributed by atoms with E-state index in [9.17, 15) is 9.59 Å². The van der Waals surface area contributed by atoms with E-state index in [0.29, 0.717) is 38.1 Å². The molecule has 0 spiro atoms.